The zero-order valence-electron chi connectivity index (χ0n) is 17.3. The van der Waals surface area contributed by atoms with Gasteiger partial charge in [0, 0.05) is 17.0 Å². The highest BCUT2D eigenvalue weighted by Gasteiger charge is 2.39. The number of halogens is 1. The summed E-state index contributed by atoms with van der Waals surface area (Å²) in [5, 5.41) is 3.49. The maximum atomic E-state index is 12.5. The predicted octanol–water partition coefficient (Wildman–Crippen LogP) is 4.19. The van der Waals surface area contributed by atoms with E-state index in [2.05, 4.69) is 5.32 Å². The van der Waals surface area contributed by atoms with Crippen molar-refractivity contribution < 1.29 is 28.2 Å². The summed E-state index contributed by atoms with van der Waals surface area (Å²) in [5.74, 6) is -0.444. The molecule has 1 aromatic heterocycles. The van der Waals surface area contributed by atoms with Crippen LogP contribution in [0.5, 0.6) is 5.75 Å². The van der Waals surface area contributed by atoms with Gasteiger partial charge in [0.2, 0.25) is 0 Å². The summed E-state index contributed by atoms with van der Waals surface area (Å²) in [6.45, 7) is 3.48. The van der Waals surface area contributed by atoms with Gasteiger partial charge in [-0.05, 0) is 44.2 Å². The number of carbonyl (C=O) groups excluding carboxylic acids is 2. The predicted molar refractivity (Wildman–Crippen MR) is 111 cm³/mol. The third-order valence-corrected chi connectivity index (χ3v) is 5.21. The summed E-state index contributed by atoms with van der Waals surface area (Å²) in [4.78, 5) is 25.1. The van der Waals surface area contributed by atoms with Crippen LogP contribution in [0.4, 0.5) is 0 Å². The molecule has 0 fully saturated rings. The second kappa shape index (κ2) is 8.67. The fraction of sp³-hybridized carbons (Fsp3) is 0.273. The number of hydrogen-bond acceptors (Lipinski definition) is 7. The van der Waals surface area contributed by atoms with E-state index in [4.69, 9.17) is 30.2 Å². The van der Waals surface area contributed by atoms with Gasteiger partial charge in [-0.2, -0.15) is 0 Å². The van der Waals surface area contributed by atoms with Crippen LogP contribution in [0.2, 0.25) is 5.02 Å². The fourth-order valence-corrected chi connectivity index (χ4v) is 3.78. The van der Waals surface area contributed by atoms with Gasteiger partial charge >= 0.3 is 11.9 Å². The van der Waals surface area contributed by atoms with Crippen molar-refractivity contribution >= 4 is 23.5 Å². The van der Waals surface area contributed by atoms with Crippen molar-refractivity contribution in [3.63, 3.8) is 0 Å². The van der Waals surface area contributed by atoms with Gasteiger partial charge in [0.05, 0.1) is 43.4 Å². The second-order valence-corrected chi connectivity index (χ2v) is 7.08. The quantitative estimate of drug-likeness (QED) is 0.710. The van der Waals surface area contributed by atoms with E-state index in [1.54, 1.807) is 44.2 Å². The maximum absolute atomic E-state index is 12.5. The van der Waals surface area contributed by atoms with Crippen molar-refractivity contribution in [2.24, 2.45) is 0 Å². The lowest BCUT2D eigenvalue weighted by Gasteiger charge is -2.28. The Hall–Kier alpha value is -3.19. The normalized spacial score (nSPS) is 14.5. The van der Waals surface area contributed by atoms with Gasteiger partial charge in [0.15, 0.2) is 0 Å². The maximum Gasteiger partial charge on any atom is 0.336 e. The van der Waals surface area contributed by atoms with Gasteiger partial charge in [-0.3, -0.25) is 0 Å². The van der Waals surface area contributed by atoms with Crippen LogP contribution in [-0.4, -0.2) is 33.3 Å². The molecular formula is C22H22ClNO6. The monoisotopic (exact) mass is 431 g/mol. The highest BCUT2D eigenvalue weighted by atomic mass is 35.5. The number of carbonyl (C=O) groups is 2. The van der Waals surface area contributed by atoms with E-state index in [-0.39, 0.29) is 11.1 Å². The number of ether oxygens (including phenoxy) is 3. The minimum atomic E-state index is -0.784. The van der Waals surface area contributed by atoms with Gasteiger partial charge in [-0.25, -0.2) is 9.59 Å². The molecule has 0 atom stereocenters. The van der Waals surface area contributed by atoms with Crippen LogP contribution in [0.3, 0.4) is 0 Å². The minimum absolute atomic E-state index is 0.275. The Morgan fingerprint density at radius 1 is 0.967 bits per heavy atom. The standard InChI is InChI=1S/C22H22ClNO6/c1-11-18(21(25)28-4)20(19(12(2)24-11)22(26)29-5)17-9-8-15(30-17)13-6-7-16(27-3)14(23)10-13/h6-10,20,24H,1-5H3. The molecule has 1 N–H and O–H groups in total. The number of benzene rings is 1. The smallest absolute Gasteiger partial charge is 0.336 e. The third kappa shape index (κ3) is 3.80. The highest BCUT2D eigenvalue weighted by molar-refractivity contribution is 6.32. The highest BCUT2D eigenvalue weighted by Crippen LogP contribution is 2.41. The molecule has 0 aliphatic carbocycles. The molecular weight excluding hydrogens is 410 g/mol. The van der Waals surface area contributed by atoms with E-state index in [9.17, 15) is 9.59 Å². The summed E-state index contributed by atoms with van der Waals surface area (Å²) >= 11 is 6.23. The number of esters is 2. The van der Waals surface area contributed by atoms with Crippen molar-refractivity contribution in [3.05, 3.63) is 63.7 Å². The Morgan fingerprint density at radius 3 is 2.07 bits per heavy atom. The molecule has 7 nitrogen and oxygen atoms in total. The molecule has 2 aromatic rings. The Morgan fingerprint density at radius 2 is 1.57 bits per heavy atom. The molecule has 0 saturated carbocycles. The zero-order valence-corrected chi connectivity index (χ0v) is 18.0. The Balaban J connectivity index is 2.12. The first-order valence-electron chi connectivity index (χ1n) is 9.11. The van der Waals surface area contributed by atoms with E-state index in [1.165, 1.54) is 21.3 Å². The number of rotatable bonds is 5. The molecule has 3 rings (SSSR count). The summed E-state index contributed by atoms with van der Waals surface area (Å²) < 4.78 is 21.2. The number of furan rings is 1. The first kappa shape index (κ1) is 21.5. The lowest BCUT2D eigenvalue weighted by Crippen LogP contribution is -2.31. The van der Waals surface area contributed by atoms with Crippen LogP contribution in [-0.2, 0) is 19.1 Å². The number of dihydropyridines is 1. The molecule has 0 radical (unpaired) electrons. The second-order valence-electron chi connectivity index (χ2n) is 6.67. The molecule has 30 heavy (non-hydrogen) atoms. The average Bonchev–Trinajstić information content (AvgIpc) is 3.22. The third-order valence-electron chi connectivity index (χ3n) is 4.92. The molecule has 8 heteroatoms. The summed E-state index contributed by atoms with van der Waals surface area (Å²) in [6.07, 6.45) is 0. The molecule has 2 heterocycles. The first-order chi connectivity index (χ1) is 14.3. The van der Waals surface area contributed by atoms with E-state index < -0.39 is 17.9 Å². The molecule has 0 spiro atoms. The molecule has 0 saturated heterocycles. The summed E-state index contributed by atoms with van der Waals surface area (Å²) in [5.41, 5.74) is 2.42. The molecule has 0 unspecified atom stereocenters. The van der Waals surface area contributed by atoms with Crippen LogP contribution in [0.15, 0.2) is 57.3 Å². The summed E-state index contributed by atoms with van der Waals surface area (Å²) in [6, 6.07) is 8.73. The van der Waals surface area contributed by atoms with Crippen LogP contribution < -0.4 is 10.1 Å². The SMILES string of the molecule is COC(=O)C1=C(C)NC(C)=C(C(=O)OC)C1c1ccc(-c2ccc(OC)c(Cl)c2)o1. The Labute approximate surface area is 179 Å². The molecule has 158 valence electrons. The first-order valence-corrected chi connectivity index (χ1v) is 9.49. The van der Waals surface area contributed by atoms with E-state index in [1.807, 2.05) is 0 Å². The van der Waals surface area contributed by atoms with E-state index in [0.717, 1.165) is 5.56 Å². The van der Waals surface area contributed by atoms with Crippen LogP contribution in [0, 0.1) is 0 Å². The minimum Gasteiger partial charge on any atom is -0.495 e. The van der Waals surface area contributed by atoms with Gasteiger partial charge in [0.1, 0.15) is 17.3 Å². The topological polar surface area (TPSA) is 87.0 Å². The molecule has 1 aliphatic rings. The van der Waals surface area contributed by atoms with E-state index in [0.29, 0.717) is 33.7 Å². The molecule has 1 aromatic carbocycles. The summed E-state index contributed by atoms with van der Waals surface area (Å²) in [7, 11) is 4.11. The van der Waals surface area contributed by atoms with Crippen molar-refractivity contribution in [1.82, 2.24) is 5.32 Å². The van der Waals surface area contributed by atoms with Gasteiger partial charge in [-0.1, -0.05) is 11.6 Å². The van der Waals surface area contributed by atoms with Crippen molar-refractivity contribution in [3.8, 4) is 17.1 Å². The average molecular weight is 432 g/mol. The Bertz CT molecular complexity index is 1030. The Kier molecular flexibility index (Phi) is 6.22. The van der Waals surface area contributed by atoms with Gasteiger partial charge < -0.3 is 23.9 Å². The van der Waals surface area contributed by atoms with Crippen molar-refractivity contribution in [2.75, 3.05) is 21.3 Å². The fourth-order valence-electron chi connectivity index (χ4n) is 3.52. The molecule has 0 amide bonds. The van der Waals surface area contributed by atoms with E-state index >= 15 is 0 Å². The number of allylic oxidation sites excluding steroid dienone is 2. The van der Waals surface area contributed by atoms with Gasteiger partial charge in [0.25, 0.3) is 0 Å². The molecule has 1 aliphatic heterocycles. The van der Waals surface area contributed by atoms with Crippen molar-refractivity contribution in [2.45, 2.75) is 19.8 Å². The number of nitrogens with one attached hydrogen (secondary N) is 1. The number of hydrogen-bond donors (Lipinski definition) is 1. The molecule has 0 bridgehead atoms. The van der Waals surface area contributed by atoms with Crippen LogP contribution >= 0.6 is 11.6 Å². The van der Waals surface area contributed by atoms with Crippen molar-refractivity contribution in [1.29, 1.82) is 0 Å². The van der Waals surface area contributed by atoms with Gasteiger partial charge in [-0.15, -0.1) is 0 Å². The largest absolute Gasteiger partial charge is 0.495 e. The van der Waals surface area contributed by atoms with Crippen LogP contribution in [0.1, 0.15) is 25.5 Å². The lowest BCUT2D eigenvalue weighted by atomic mass is 9.83. The number of methoxy groups -OCH3 is 3. The lowest BCUT2D eigenvalue weighted by molar-refractivity contribution is -0.137. The zero-order chi connectivity index (χ0) is 22.0. The van der Waals surface area contributed by atoms with Crippen LogP contribution in [0.25, 0.3) is 11.3 Å².